The summed E-state index contributed by atoms with van der Waals surface area (Å²) in [5.74, 6) is -1.23. The van der Waals surface area contributed by atoms with Gasteiger partial charge in [0.25, 0.3) is 5.91 Å². The number of benzene rings is 3. The Morgan fingerprint density at radius 2 is 1.42 bits per heavy atom. The first-order chi connectivity index (χ1) is 15.9. The zero-order valence-electron chi connectivity index (χ0n) is 18.6. The molecule has 0 heterocycles. The number of anilines is 1. The van der Waals surface area contributed by atoms with E-state index in [1.807, 2.05) is 44.2 Å². The molecule has 6 nitrogen and oxygen atoms in total. The van der Waals surface area contributed by atoms with Crippen molar-refractivity contribution in [2.24, 2.45) is 0 Å². The van der Waals surface area contributed by atoms with E-state index in [0.717, 1.165) is 11.1 Å². The number of ketones is 1. The maximum absolute atomic E-state index is 12.8. The minimum atomic E-state index is -0.664. The lowest BCUT2D eigenvalue weighted by molar-refractivity contribution is -0.121. The smallest absolute Gasteiger partial charge is 0.338 e. The molecule has 0 saturated heterocycles. The largest absolute Gasteiger partial charge is 0.452 e. The molecule has 3 aromatic rings. The van der Waals surface area contributed by atoms with E-state index in [1.54, 1.807) is 36.4 Å². The van der Waals surface area contributed by atoms with Gasteiger partial charge in [-0.1, -0.05) is 48.5 Å². The lowest BCUT2D eigenvalue weighted by Crippen LogP contribution is -2.35. The first kappa shape index (κ1) is 23.4. The molecule has 6 heteroatoms. The van der Waals surface area contributed by atoms with Crippen molar-refractivity contribution in [3.05, 3.63) is 101 Å². The SMILES string of the molecule is Cc1cc(C)cc(N(CCC#N)C(=O)COC(=O)c2ccc(C(=O)c3ccccc3)cc2)c1. The second kappa shape index (κ2) is 10.9. The molecule has 0 aliphatic rings. The number of hydrogen-bond acceptors (Lipinski definition) is 5. The highest BCUT2D eigenvalue weighted by molar-refractivity contribution is 6.09. The Labute approximate surface area is 193 Å². The highest BCUT2D eigenvalue weighted by Gasteiger charge is 2.19. The standard InChI is InChI=1S/C27H24N2O4/c1-19-15-20(2)17-24(16-19)29(14-6-13-28)25(30)18-33-27(32)23-11-9-22(10-12-23)26(31)21-7-4-3-5-8-21/h3-5,7-12,15-17H,6,14,18H2,1-2H3. The predicted octanol–water partition coefficient (Wildman–Crippen LogP) is 4.64. The second-order valence-corrected chi connectivity index (χ2v) is 7.65. The summed E-state index contributed by atoms with van der Waals surface area (Å²) in [7, 11) is 0. The van der Waals surface area contributed by atoms with Crippen LogP contribution < -0.4 is 4.90 Å². The number of aryl methyl sites for hydroxylation is 2. The molecular weight excluding hydrogens is 416 g/mol. The molecule has 166 valence electrons. The summed E-state index contributed by atoms with van der Waals surface area (Å²) in [6, 6.07) is 22.7. The van der Waals surface area contributed by atoms with Crippen molar-refractivity contribution in [3.8, 4) is 6.07 Å². The topological polar surface area (TPSA) is 87.5 Å². The number of esters is 1. The molecule has 33 heavy (non-hydrogen) atoms. The van der Waals surface area contributed by atoms with Gasteiger partial charge in [-0.25, -0.2) is 4.79 Å². The van der Waals surface area contributed by atoms with E-state index in [1.165, 1.54) is 17.0 Å². The fourth-order valence-electron chi connectivity index (χ4n) is 3.47. The van der Waals surface area contributed by atoms with Crippen LogP contribution in [0.2, 0.25) is 0 Å². The normalized spacial score (nSPS) is 10.2. The highest BCUT2D eigenvalue weighted by Crippen LogP contribution is 2.20. The molecule has 0 unspecified atom stereocenters. The lowest BCUT2D eigenvalue weighted by Gasteiger charge is -2.22. The van der Waals surface area contributed by atoms with E-state index >= 15 is 0 Å². The molecule has 0 aliphatic carbocycles. The van der Waals surface area contributed by atoms with Crippen LogP contribution in [0.4, 0.5) is 5.69 Å². The van der Waals surface area contributed by atoms with Crippen LogP contribution >= 0.6 is 0 Å². The molecular formula is C27H24N2O4. The van der Waals surface area contributed by atoms with Gasteiger partial charge in [-0.2, -0.15) is 5.26 Å². The molecule has 0 radical (unpaired) electrons. The number of hydrogen-bond donors (Lipinski definition) is 0. The summed E-state index contributed by atoms with van der Waals surface area (Å²) in [5.41, 5.74) is 3.88. The summed E-state index contributed by atoms with van der Waals surface area (Å²) in [6.45, 7) is 3.60. The van der Waals surface area contributed by atoms with E-state index in [2.05, 4.69) is 0 Å². The summed E-state index contributed by atoms with van der Waals surface area (Å²) < 4.78 is 5.22. The molecule has 0 N–H and O–H groups in total. The Morgan fingerprint density at radius 3 is 2.03 bits per heavy atom. The van der Waals surface area contributed by atoms with Gasteiger partial charge in [0.2, 0.25) is 0 Å². The highest BCUT2D eigenvalue weighted by atomic mass is 16.5. The molecule has 0 atom stereocenters. The number of rotatable bonds is 8. The number of amides is 1. The average Bonchev–Trinajstić information content (AvgIpc) is 2.82. The van der Waals surface area contributed by atoms with E-state index < -0.39 is 18.5 Å². The number of nitrogens with zero attached hydrogens (tertiary/aromatic N) is 2. The summed E-state index contributed by atoms with van der Waals surface area (Å²) in [5, 5.41) is 8.96. The molecule has 3 aromatic carbocycles. The number of carbonyl (C=O) groups is 3. The van der Waals surface area contributed by atoms with Crippen molar-refractivity contribution in [2.45, 2.75) is 20.3 Å². The average molecular weight is 440 g/mol. The van der Waals surface area contributed by atoms with E-state index in [9.17, 15) is 14.4 Å². The summed E-state index contributed by atoms with van der Waals surface area (Å²) in [6.07, 6.45) is 0.156. The van der Waals surface area contributed by atoms with Crippen LogP contribution in [0.25, 0.3) is 0 Å². The molecule has 1 amide bonds. The number of carbonyl (C=O) groups excluding carboxylic acids is 3. The van der Waals surface area contributed by atoms with Gasteiger partial charge >= 0.3 is 5.97 Å². The molecule has 3 rings (SSSR count). The van der Waals surface area contributed by atoms with Crippen LogP contribution in [-0.2, 0) is 9.53 Å². The monoisotopic (exact) mass is 440 g/mol. The van der Waals surface area contributed by atoms with Crippen molar-refractivity contribution in [3.63, 3.8) is 0 Å². The Hall–Kier alpha value is -4.24. The molecule has 0 bridgehead atoms. The Morgan fingerprint density at radius 1 is 0.848 bits per heavy atom. The van der Waals surface area contributed by atoms with Crippen LogP contribution in [0.1, 0.15) is 43.8 Å². The third-order valence-electron chi connectivity index (χ3n) is 5.01. The van der Waals surface area contributed by atoms with Crippen molar-refractivity contribution in [1.29, 1.82) is 5.26 Å². The molecule has 0 spiro atoms. The first-order valence-electron chi connectivity index (χ1n) is 10.5. The van der Waals surface area contributed by atoms with E-state index in [4.69, 9.17) is 10.00 Å². The maximum atomic E-state index is 12.8. The Bertz CT molecular complexity index is 1170. The van der Waals surface area contributed by atoms with Gasteiger partial charge < -0.3 is 9.64 Å². The van der Waals surface area contributed by atoms with E-state index in [-0.39, 0.29) is 24.3 Å². The van der Waals surface area contributed by atoms with Crippen LogP contribution in [0.5, 0.6) is 0 Å². The third kappa shape index (κ3) is 6.14. The number of nitriles is 1. The quantitative estimate of drug-likeness (QED) is 0.376. The molecule has 0 fully saturated rings. The fourth-order valence-corrected chi connectivity index (χ4v) is 3.47. The molecule has 0 aromatic heterocycles. The minimum absolute atomic E-state index is 0.146. The van der Waals surface area contributed by atoms with Crippen molar-refractivity contribution in [2.75, 3.05) is 18.1 Å². The summed E-state index contributed by atoms with van der Waals surface area (Å²) in [4.78, 5) is 39.2. The number of ether oxygens (including phenoxy) is 1. The van der Waals surface area contributed by atoms with Crippen LogP contribution in [0.3, 0.4) is 0 Å². The zero-order valence-corrected chi connectivity index (χ0v) is 18.6. The third-order valence-corrected chi connectivity index (χ3v) is 5.01. The minimum Gasteiger partial charge on any atom is -0.452 e. The van der Waals surface area contributed by atoms with Gasteiger partial charge in [-0.3, -0.25) is 9.59 Å². The van der Waals surface area contributed by atoms with Gasteiger partial charge in [0.15, 0.2) is 12.4 Å². The zero-order chi connectivity index (χ0) is 23.8. The van der Waals surface area contributed by atoms with Crippen LogP contribution in [0, 0.1) is 25.2 Å². The first-order valence-corrected chi connectivity index (χ1v) is 10.5. The van der Waals surface area contributed by atoms with E-state index in [0.29, 0.717) is 16.8 Å². The van der Waals surface area contributed by atoms with Crippen LogP contribution in [0.15, 0.2) is 72.8 Å². The van der Waals surface area contributed by atoms with Crippen LogP contribution in [-0.4, -0.2) is 30.8 Å². The Kier molecular flexibility index (Phi) is 7.72. The van der Waals surface area contributed by atoms with Gasteiger partial charge in [0, 0.05) is 23.4 Å². The van der Waals surface area contributed by atoms with Gasteiger partial charge in [0.1, 0.15) is 0 Å². The summed E-state index contributed by atoms with van der Waals surface area (Å²) >= 11 is 0. The lowest BCUT2D eigenvalue weighted by atomic mass is 10.0. The predicted molar refractivity (Wildman–Crippen MR) is 125 cm³/mol. The van der Waals surface area contributed by atoms with Crippen molar-refractivity contribution < 1.29 is 19.1 Å². The molecule has 0 aliphatic heterocycles. The van der Waals surface area contributed by atoms with Gasteiger partial charge in [-0.15, -0.1) is 0 Å². The van der Waals surface area contributed by atoms with Gasteiger partial charge in [0.05, 0.1) is 18.1 Å². The fraction of sp³-hybridized carbons (Fsp3) is 0.185. The van der Waals surface area contributed by atoms with Gasteiger partial charge in [-0.05, 0) is 49.2 Å². The Balaban J connectivity index is 1.66. The van der Waals surface area contributed by atoms with Crippen molar-refractivity contribution >= 4 is 23.3 Å². The maximum Gasteiger partial charge on any atom is 0.338 e. The second-order valence-electron chi connectivity index (χ2n) is 7.65. The van der Waals surface area contributed by atoms with Crippen molar-refractivity contribution in [1.82, 2.24) is 0 Å². The molecule has 0 saturated carbocycles.